The number of hydrogen-bond donors (Lipinski definition) is 1. The summed E-state index contributed by atoms with van der Waals surface area (Å²) < 4.78 is 51.6. The fraction of sp³-hybridized carbons (Fsp3) is 1.00. The van der Waals surface area contributed by atoms with E-state index in [9.17, 15) is 17.6 Å². The summed E-state index contributed by atoms with van der Waals surface area (Å²) in [4.78, 5) is 0. The van der Waals surface area contributed by atoms with E-state index in [1.807, 2.05) is 0 Å². The maximum atomic E-state index is 12.1. The molecule has 0 aromatic rings. The van der Waals surface area contributed by atoms with E-state index in [0.29, 0.717) is 6.42 Å². The summed E-state index contributed by atoms with van der Waals surface area (Å²) in [5.74, 6) is -4.13. The molecule has 0 aliphatic rings. The van der Waals surface area contributed by atoms with Crippen molar-refractivity contribution in [3.63, 3.8) is 0 Å². The summed E-state index contributed by atoms with van der Waals surface area (Å²) in [5.41, 5.74) is 0. The van der Waals surface area contributed by atoms with Crippen LogP contribution in [0.4, 0.5) is 17.6 Å². The SMILES string of the molecule is CCC(O)COCC(F)(F)C(F)F. The van der Waals surface area contributed by atoms with Gasteiger partial charge in [-0.25, -0.2) is 8.78 Å². The van der Waals surface area contributed by atoms with Crippen LogP contribution in [0.2, 0.25) is 0 Å². The van der Waals surface area contributed by atoms with E-state index >= 15 is 0 Å². The molecule has 0 fully saturated rings. The Hall–Kier alpha value is -0.360. The molecule has 0 heterocycles. The summed E-state index contributed by atoms with van der Waals surface area (Å²) in [7, 11) is 0. The Bertz CT molecular complexity index is 140. The first kappa shape index (κ1) is 12.6. The number of alkyl halides is 4. The topological polar surface area (TPSA) is 29.5 Å². The maximum Gasteiger partial charge on any atom is 0.330 e. The molecular weight excluding hydrogens is 192 g/mol. The molecule has 0 amide bonds. The second kappa shape index (κ2) is 5.39. The van der Waals surface area contributed by atoms with E-state index in [1.165, 1.54) is 0 Å². The van der Waals surface area contributed by atoms with Crippen molar-refractivity contribution in [1.29, 1.82) is 0 Å². The van der Waals surface area contributed by atoms with E-state index in [0.717, 1.165) is 0 Å². The van der Waals surface area contributed by atoms with Gasteiger partial charge in [-0.05, 0) is 6.42 Å². The monoisotopic (exact) mass is 204 g/mol. The van der Waals surface area contributed by atoms with Crippen LogP contribution in [0, 0.1) is 0 Å². The molecule has 1 N–H and O–H groups in total. The first-order valence-corrected chi connectivity index (χ1v) is 3.82. The Morgan fingerprint density at radius 1 is 1.38 bits per heavy atom. The lowest BCUT2D eigenvalue weighted by Gasteiger charge is -2.16. The van der Waals surface area contributed by atoms with Crippen molar-refractivity contribution in [2.24, 2.45) is 0 Å². The lowest BCUT2D eigenvalue weighted by molar-refractivity contribution is -0.170. The van der Waals surface area contributed by atoms with Crippen LogP contribution in [-0.4, -0.2) is 36.8 Å². The summed E-state index contributed by atoms with van der Waals surface area (Å²) in [5, 5.41) is 8.84. The van der Waals surface area contributed by atoms with Crippen LogP contribution in [0.3, 0.4) is 0 Å². The standard InChI is InChI=1S/C7H12F4O2/c1-2-5(12)3-13-4-7(10,11)6(8)9/h5-6,12H,2-4H2,1H3. The summed E-state index contributed by atoms with van der Waals surface area (Å²) >= 11 is 0. The van der Waals surface area contributed by atoms with Gasteiger partial charge in [-0.3, -0.25) is 0 Å². The smallest absolute Gasteiger partial charge is 0.330 e. The molecule has 0 radical (unpaired) electrons. The Kier molecular flexibility index (Phi) is 5.24. The van der Waals surface area contributed by atoms with Crippen molar-refractivity contribution < 1.29 is 27.4 Å². The van der Waals surface area contributed by atoms with Gasteiger partial charge in [-0.15, -0.1) is 0 Å². The van der Waals surface area contributed by atoms with Gasteiger partial charge in [0.25, 0.3) is 0 Å². The molecule has 0 rings (SSSR count). The molecule has 13 heavy (non-hydrogen) atoms. The van der Waals surface area contributed by atoms with Crippen molar-refractivity contribution in [2.75, 3.05) is 13.2 Å². The van der Waals surface area contributed by atoms with E-state index in [2.05, 4.69) is 4.74 Å². The van der Waals surface area contributed by atoms with E-state index in [-0.39, 0.29) is 6.61 Å². The van der Waals surface area contributed by atoms with Crippen molar-refractivity contribution in [3.05, 3.63) is 0 Å². The Balaban J connectivity index is 3.63. The minimum Gasteiger partial charge on any atom is -0.391 e. The van der Waals surface area contributed by atoms with Crippen LogP contribution in [0.15, 0.2) is 0 Å². The largest absolute Gasteiger partial charge is 0.391 e. The minimum atomic E-state index is -4.13. The first-order valence-electron chi connectivity index (χ1n) is 3.82. The Morgan fingerprint density at radius 3 is 2.31 bits per heavy atom. The fourth-order valence-electron chi connectivity index (χ4n) is 0.512. The normalized spacial score (nSPS) is 15.0. The molecule has 6 heteroatoms. The molecule has 0 aromatic heterocycles. The van der Waals surface area contributed by atoms with Crippen LogP contribution >= 0.6 is 0 Å². The zero-order valence-corrected chi connectivity index (χ0v) is 7.14. The van der Waals surface area contributed by atoms with Crippen molar-refractivity contribution >= 4 is 0 Å². The average molecular weight is 204 g/mol. The van der Waals surface area contributed by atoms with Gasteiger partial charge in [0.2, 0.25) is 0 Å². The molecule has 0 bridgehead atoms. The van der Waals surface area contributed by atoms with Crippen LogP contribution in [0.1, 0.15) is 13.3 Å². The third kappa shape index (κ3) is 5.05. The van der Waals surface area contributed by atoms with E-state index in [1.54, 1.807) is 6.92 Å². The minimum absolute atomic E-state index is 0.334. The van der Waals surface area contributed by atoms with Gasteiger partial charge in [0.1, 0.15) is 6.61 Å². The highest BCUT2D eigenvalue weighted by molar-refractivity contribution is 4.68. The predicted molar refractivity (Wildman–Crippen MR) is 38.1 cm³/mol. The second-order valence-electron chi connectivity index (χ2n) is 2.64. The molecule has 0 saturated heterocycles. The zero-order valence-electron chi connectivity index (χ0n) is 7.14. The predicted octanol–water partition coefficient (Wildman–Crippen LogP) is 1.67. The molecule has 0 aliphatic heterocycles. The Morgan fingerprint density at radius 2 is 1.92 bits per heavy atom. The first-order chi connectivity index (χ1) is 5.90. The Labute approximate surface area is 73.5 Å². The van der Waals surface area contributed by atoms with Crippen LogP contribution in [0.25, 0.3) is 0 Å². The molecule has 1 atom stereocenters. The number of aliphatic hydroxyl groups excluding tert-OH is 1. The summed E-state index contributed by atoms with van der Waals surface area (Å²) in [6, 6.07) is 0. The number of rotatable bonds is 6. The molecule has 0 aromatic carbocycles. The van der Waals surface area contributed by atoms with E-state index < -0.39 is 25.1 Å². The summed E-state index contributed by atoms with van der Waals surface area (Å²) in [6.07, 6.45) is -4.28. The molecule has 0 spiro atoms. The molecular formula is C7H12F4O2. The zero-order chi connectivity index (χ0) is 10.5. The lowest BCUT2D eigenvalue weighted by Crippen LogP contribution is -2.33. The fourth-order valence-corrected chi connectivity index (χ4v) is 0.512. The maximum absolute atomic E-state index is 12.1. The molecule has 0 saturated carbocycles. The third-order valence-electron chi connectivity index (χ3n) is 1.40. The van der Waals surface area contributed by atoms with Crippen LogP contribution in [-0.2, 0) is 4.74 Å². The second-order valence-corrected chi connectivity index (χ2v) is 2.64. The molecule has 1 unspecified atom stereocenters. The number of halogens is 4. The highest BCUT2D eigenvalue weighted by Gasteiger charge is 2.40. The van der Waals surface area contributed by atoms with E-state index in [4.69, 9.17) is 5.11 Å². The third-order valence-corrected chi connectivity index (χ3v) is 1.40. The number of hydrogen-bond acceptors (Lipinski definition) is 2. The van der Waals surface area contributed by atoms with Gasteiger partial charge >= 0.3 is 12.3 Å². The van der Waals surface area contributed by atoms with Gasteiger partial charge in [-0.2, -0.15) is 8.78 Å². The average Bonchev–Trinajstić information content (AvgIpc) is 2.03. The van der Waals surface area contributed by atoms with Gasteiger partial charge in [0.05, 0.1) is 12.7 Å². The summed E-state index contributed by atoms with van der Waals surface area (Å²) in [6.45, 7) is -0.0835. The van der Waals surface area contributed by atoms with Gasteiger partial charge < -0.3 is 9.84 Å². The lowest BCUT2D eigenvalue weighted by atomic mass is 10.3. The van der Waals surface area contributed by atoms with Gasteiger partial charge in [0, 0.05) is 0 Å². The van der Waals surface area contributed by atoms with Crippen LogP contribution in [0.5, 0.6) is 0 Å². The van der Waals surface area contributed by atoms with Crippen molar-refractivity contribution in [2.45, 2.75) is 31.8 Å². The van der Waals surface area contributed by atoms with Crippen LogP contribution < -0.4 is 0 Å². The van der Waals surface area contributed by atoms with Gasteiger partial charge in [-0.1, -0.05) is 6.92 Å². The van der Waals surface area contributed by atoms with Crippen molar-refractivity contribution in [1.82, 2.24) is 0 Å². The number of aliphatic hydroxyl groups is 1. The van der Waals surface area contributed by atoms with Gasteiger partial charge in [0.15, 0.2) is 0 Å². The molecule has 80 valence electrons. The highest BCUT2D eigenvalue weighted by atomic mass is 19.3. The van der Waals surface area contributed by atoms with Crippen molar-refractivity contribution in [3.8, 4) is 0 Å². The quantitative estimate of drug-likeness (QED) is 0.667. The molecule has 2 nitrogen and oxygen atoms in total. The molecule has 0 aliphatic carbocycles. The highest BCUT2D eigenvalue weighted by Crippen LogP contribution is 2.22. The number of ether oxygens (including phenoxy) is 1.